The molecule has 112 valence electrons. The maximum absolute atomic E-state index is 12.2. The fourth-order valence-electron chi connectivity index (χ4n) is 2.34. The molecule has 0 radical (unpaired) electrons. The smallest absolute Gasteiger partial charge is 0.340 e. The van der Waals surface area contributed by atoms with Crippen LogP contribution in [0.2, 0.25) is 0 Å². The van der Waals surface area contributed by atoms with Gasteiger partial charge in [-0.15, -0.1) is 0 Å². The number of halogens is 3. The molecule has 0 aromatic carbocycles. The number of rotatable bonds is 5. The maximum Gasteiger partial charge on any atom is 0.389 e. The molecule has 0 aromatic heterocycles. The van der Waals surface area contributed by atoms with Crippen LogP contribution in [0.4, 0.5) is 13.2 Å². The molecular weight excluding hydrogens is 257 g/mol. The lowest BCUT2D eigenvalue weighted by Gasteiger charge is -2.33. The van der Waals surface area contributed by atoms with Gasteiger partial charge in [0.2, 0.25) is 5.91 Å². The summed E-state index contributed by atoms with van der Waals surface area (Å²) in [5, 5.41) is 3.24. The van der Waals surface area contributed by atoms with Gasteiger partial charge in [-0.05, 0) is 45.7 Å². The van der Waals surface area contributed by atoms with E-state index in [1.165, 1.54) is 0 Å². The minimum absolute atomic E-state index is 0.0457. The molecular formula is C13H23F3N2O. The van der Waals surface area contributed by atoms with Crippen LogP contribution in [0.15, 0.2) is 0 Å². The van der Waals surface area contributed by atoms with Crippen LogP contribution in [0, 0.1) is 5.92 Å². The Morgan fingerprint density at radius 1 is 1.32 bits per heavy atom. The molecule has 0 unspecified atom stereocenters. The Hall–Kier alpha value is -0.780. The van der Waals surface area contributed by atoms with Crippen molar-refractivity contribution in [2.24, 2.45) is 5.92 Å². The zero-order valence-electron chi connectivity index (χ0n) is 11.6. The van der Waals surface area contributed by atoms with Gasteiger partial charge in [0, 0.05) is 19.0 Å². The molecule has 1 aliphatic heterocycles. The second kappa shape index (κ2) is 7.12. The first-order chi connectivity index (χ1) is 8.79. The fourth-order valence-corrected chi connectivity index (χ4v) is 2.34. The topological polar surface area (TPSA) is 32.3 Å². The Balaban J connectivity index is 2.48. The first kappa shape index (κ1) is 16.3. The van der Waals surface area contributed by atoms with E-state index in [1.54, 1.807) is 4.90 Å². The summed E-state index contributed by atoms with van der Waals surface area (Å²) in [6.45, 7) is 6.13. The second-order valence-corrected chi connectivity index (χ2v) is 5.45. The van der Waals surface area contributed by atoms with Gasteiger partial charge in [0.15, 0.2) is 0 Å². The minimum atomic E-state index is -4.26. The van der Waals surface area contributed by atoms with Gasteiger partial charge in [-0.2, -0.15) is 13.2 Å². The number of amides is 1. The van der Waals surface area contributed by atoms with Crippen LogP contribution >= 0.6 is 0 Å². The summed E-state index contributed by atoms with van der Waals surface area (Å²) in [4.78, 5) is 13.5. The second-order valence-electron chi connectivity index (χ2n) is 5.45. The number of nitrogens with zero attached hydrogens (tertiary/aromatic N) is 1. The molecule has 0 spiro atoms. The SMILES string of the molecule is CC(C)N(CC1CCNCC1)C(=O)CCC(F)(F)F. The third-order valence-electron chi connectivity index (χ3n) is 3.48. The highest BCUT2D eigenvalue weighted by molar-refractivity contribution is 5.76. The number of nitrogens with one attached hydrogen (secondary N) is 1. The average Bonchev–Trinajstić information content (AvgIpc) is 2.33. The van der Waals surface area contributed by atoms with E-state index in [1.807, 2.05) is 13.8 Å². The Morgan fingerprint density at radius 3 is 2.37 bits per heavy atom. The van der Waals surface area contributed by atoms with Crippen molar-refractivity contribution in [2.75, 3.05) is 19.6 Å². The number of carbonyl (C=O) groups is 1. The van der Waals surface area contributed by atoms with Gasteiger partial charge >= 0.3 is 6.18 Å². The Kier molecular flexibility index (Phi) is 6.10. The lowest BCUT2D eigenvalue weighted by molar-refractivity contribution is -0.150. The third-order valence-corrected chi connectivity index (χ3v) is 3.48. The van der Waals surface area contributed by atoms with Crippen molar-refractivity contribution in [2.45, 2.75) is 51.7 Å². The molecule has 0 aliphatic carbocycles. The van der Waals surface area contributed by atoms with Crippen LogP contribution in [0.1, 0.15) is 39.5 Å². The summed E-state index contributed by atoms with van der Waals surface area (Å²) in [6, 6.07) is -0.0457. The zero-order valence-corrected chi connectivity index (χ0v) is 11.6. The van der Waals surface area contributed by atoms with Crippen LogP contribution in [-0.4, -0.2) is 42.7 Å². The Bertz CT molecular complexity index is 286. The summed E-state index contributed by atoms with van der Waals surface area (Å²) in [7, 11) is 0. The van der Waals surface area contributed by atoms with Gasteiger partial charge in [0.25, 0.3) is 0 Å². The zero-order chi connectivity index (χ0) is 14.5. The molecule has 3 nitrogen and oxygen atoms in total. The van der Waals surface area contributed by atoms with Crippen LogP contribution < -0.4 is 5.32 Å². The highest BCUT2D eigenvalue weighted by atomic mass is 19.4. The van der Waals surface area contributed by atoms with Crippen molar-refractivity contribution in [3.05, 3.63) is 0 Å². The summed E-state index contributed by atoms with van der Waals surface area (Å²) >= 11 is 0. The lowest BCUT2D eigenvalue weighted by atomic mass is 9.97. The number of hydrogen-bond donors (Lipinski definition) is 1. The molecule has 0 saturated carbocycles. The quantitative estimate of drug-likeness (QED) is 0.839. The monoisotopic (exact) mass is 280 g/mol. The number of alkyl halides is 3. The first-order valence-corrected chi connectivity index (χ1v) is 6.86. The maximum atomic E-state index is 12.2. The van der Waals surface area contributed by atoms with E-state index in [4.69, 9.17) is 0 Å². The van der Waals surface area contributed by atoms with Crippen molar-refractivity contribution in [3.63, 3.8) is 0 Å². The van der Waals surface area contributed by atoms with Crippen LogP contribution in [-0.2, 0) is 4.79 Å². The Morgan fingerprint density at radius 2 is 1.89 bits per heavy atom. The molecule has 1 saturated heterocycles. The van der Waals surface area contributed by atoms with E-state index in [9.17, 15) is 18.0 Å². The van der Waals surface area contributed by atoms with Crippen molar-refractivity contribution in [1.82, 2.24) is 10.2 Å². The molecule has 1 N–H and O–H groups in total. The molecule has 1 rings (SSSR count). The third kappa shape index (κ3) is 6.27. The van der Waals surface area contributed by atoms with E-state index < -0.39 is 19.0 Å². The predicted octanol–water partition coefficient (Wildman–Crippen LogP) is 2.57. The Labute approximate surface area is 112 Å². The fraction of sp³-hybridized carbons (Fsp3) is 0.923. The molecule has 0 bridgehead atoms. The molecule has 0 atom stereocenters. The minimum Gasteiger partial charge on any atom is -0.340 e. The van der Waals surface area contributed by atoms with Crippen molar-refractivity contribution < 1.29 is 18.0 Å². The van der Waals surface area contributed by atoms with E-state index in [0.717, 1.165) is 25.9 Å². The van der Waals surface area contributed by atoms with E-state index in [-0.39, 0.29) is 11.9 Å². The highest BCUT2D eigenvalue weighted by Crippen LogP contribution is 2.23. The molecule has 19 heavy (non-hydrogen) atoms. The molecule has 1 amide bonds. The van der Waals surface area contributed by atoms with E-state index in [0.29, 0.717) is 12.5 Å². The van der Waals surface area contributed by atoms with Crippen molar-refractivity contribution >= 4 is 5.91 Å². The molecule has 1 fully saturated rings. The largest absolute Gasteiger partial charge is 0.389 e. The summed E-state index contributed by atoms with van der Waals surface area (Å²) in [6.07, 6.45) is -3.76. The van der Waals surface area contributed by atoms with Gasteiger partial charge < -0.3 is 10.2 Å². The van der Waals surface area contributed by atoms with Crippen LogP contribution in [0.25, 0.3) is 0 Å². The van der Waals surface area contributed by atoms with Gasteiger partial charge in [-0.25, -0.2) is 0 Å². The van der Waals surface area contributed by atoms with E-state index >= 15 is 0 Å². The number of carbonyl (C=O) groups excluding carboxylic acids is 1. The number of hydrogen-bond acceptors (Lipinski definition) is 2. The standard InChI is InChI=1S/C13H23F3N2O/c1-10(2)18(9-11-4-7-17-8-5-11)12(19)3-6-13(14,15)16/h10-11,17H,3-9H2,1-2H3. The highest BCUT2D eigenvalue weighted by Gasteiger charge is 2.30. The van der Waals surface area contributed by atoms with Crippen molar-refractivity contribution in [3.8, 4) is 0 Å². The number of piperidine rings is 1. The van der Waals surface area contributed by atoms with E-state index in [2.05, 4.69) is 5.32 Å². The van der Waals surface area contributed by atoms with Gasteiger partial charge in [0.1, 0.15) is 0 Å². The summed E-state index contributed by atoms with van der Waals surface area (Å²) in [5.74, 6) is 0.0179. The molecule has 6 heteroatoms. The summed E-state index contributed by atoms with van der Waals surface area (Å²) < 4.78 is 36.5. The first-order valence-electron chi connectivity index (χ1n) is 6.86. The lowest BCUT2D eigenvalue weighted by Crippen LogP contribution is -2.43. The summed E-state index contributed by atoms with van der Waals surface area (Å²) in [5.41, 5.74) is 0. The normalized spacial score (nSPS) is 17.8. The van der Waals surface area contributed by atoms with Gasteiger partial charge in [-0.1, -0.05) is 0 Å². The predicted molar refractivity (Wildman–Crippen MR) is 67.7 cm³/mol. The molecule has 1 aliphatic rings. The van der Waals surface area contributed by atoms with Gasteiger partial charge in [0.05, 0.1) is 6.42 Å². The molecule has 0 aromatic rings. The van der Waals surface area contributed by atoms with Crippen LogP contribution in [0.3, 0.4) is 0 Å². The van der Waals surface area contributed by atoms with Crippen LogP contribution in [0.5, 0.6) is 0 Å². The van der Waals surface area contributed by atoms with Gasteiger partial charge in [-0.3, -0.25) is 4.79 Å². The molecule has 1 heterocycles. The average molecular weight is 280 g/mol. The van der Waals surface area contributed by atoms with Crippen molar-refractivity contribution in [1.29, 1.82) is 0 Å².